The smallest absolute Gasteiger partial charge is 0.342 e. The van der Waals surface area contributed by atoms with E-state index in [1.165, 1.54) is 18.2 Å². The molecule has 0 amide bonds. The number of nitrogens with one attached hydrogen (secondary N) is 1. The van der Waals surface area contributed by atoms with Crippen molar-refractivity contribution < 1.29 is 19.9 Å². The molecule has 20 heavy (non-hydrogen) atoms. The molecule has 7 heteroatoms. The molecule has 1 aromatic rings. The highest BCUT2D eigenvalue weighted by Crippen LogP contribution is 2.42. The van der Waals surface area contributed by atoms with E-state index < -0.39 is 22.7 Å². The predicted octanol–water partition coefficient (Wildman–Crippen LogP) is 1.86. The number of aliphatic hydroxyl groups excluding tert-OH is 1. The second-order valence-corrected chi connectivity index (χ2v) is 5.56. The van der Waals surface area contributed by atoms with Gasteiger partial charge in [-0.15, -0.1) is 0 Å². The molecule has 0 radical (unpaired) electrons. The van der Waals surface area contributed by atoms with Crippen LogP contribution in [0.3, 0.4) is 0 Å². The van der Waals surface area contributed by atoms with Gasteiger partial charge in [-0.2, -0.15) is 0 Å². The van der Waals surface area contributed by atoms with Gasteiger partial charge in [0.05, 0.1) is 11.0 Å². The first-order valence-electron chi connectivity index (χ1n) is 6.20. The molecule has 0 saturated heterocycles. The number of benzene rings is 1. The van der Waals surface area contributed by atoms with Gasteiger partial charge in [-0.3, -0.25) is 10.1 Å². The van der Waals surface area contributed by atoms with Crippen molar-refractivity contribution in [3.63, 3.8) is 0 Å². The van der Waals surface area contributed by atoms with Gasteiger partial charge >= 0.3 is 5.97 Å². The highest BCUT2D eigenvalue weighted by Gasteiger charge is 2.47. The van der Waals surface area contributed by atoms with E-state index in [2.05, 4.69) is 5.32 Å². The standard InChI is InChI=1S/C13H16N2O5/c1-13(2)10(6-11(13)16)14-7-3-4-9(15(19)20)8(5-7)12(17)18/h3-5,10-11,14,16H,6H2,1-2H3,(H,17,18). The maximum atomic E-state index is 11.1. The fraction of sp³-hybridized carbons (Fsp3) is 0.462. The number of aromatic carboxylic acids is 1. The zero-order valence-electron chi connectivity index (χ0n) is 11.2. The second kappa shape index (κ2) is 4.75. The third-order valence-corrected chi connectivity index (χ3v) is 3.98. The van der Waals surface area contributed by atoms with Crippen molar-refractivity contribution in [2.45, 2.75) is 32.4 Å². The molecule has 1 aliphatic carbocycles. The number of nitro benzene ring substituents is 1. The van der Waals surface area contributed by atoms with Crippen LogP contribution in [0.4, 0.5) is 11.4 Å². The Balaban J connectivity index is 2.25. The molecule has 0 aliphatic heterocycles. The van der Waals surface area contributed by atoms with Crippen LogP contribution in [0.25, 0.3) is 0 Å². The molecule has 108 valence electrons. The van der Waals surface area contributed by atoms with Crippen LogP contribution in [-0.2, 0) is 0 Å². The molecular formula is C13H16N2O5. The normalized spacial score (nSPS) is 23.8. The van der Waals surface area contributed by atoms with Crippen molar-refractivity contribution in [1.82, 2.24) is 0 Å². The van der Waals surface area contributed by atoms with Gasteiger partial charge in [0.1, 0.15) is 5.56 Å². The minimum absolute atomic E-state index is 0.000557. The van der Waals surface area contributed by atoms with Gasteiger partial charge < -0.3 is 15.5 Å². The molecule has 1 aromatic carbocycles. The molecule has 3 N–H and O–H groups in total. The molecule has 2 rings (SSSR count). The van der Waals surface area contributed by atoms with Crippen molar-refractivity contribution in [1.29, 1.82) is 0 Å². The number of hydrogen-bond acceptors (Lipinski definition) is 5. The number of nitrogens with zero attached hydrogens (tertiary/aromatic N) is 1. The zero-order chi connectivity index (χ0) is 15.1. The number of carboxylic acid groups (broad SMARTS) is 1. The maximum absolute atomic E-state index is 11.1. The van der Waals surface area contributed by atoms with Crippen LogP contribution >= 0.6 is 0 Å². The quantitative estimate of drug-likeness (QED) is 0.573. The average molecular weight is 280 g/mol. The Kier molecular flexibility index (Phi) is 3.39. The molecule has 2 unspecified atom stereocenters. The summed E-state index contributed by atoms with van der Waals surface area (Å²) in [5.74, 6) is -1.34. The minimum atomic E-state index is -1.34. The van der Waals surface area contributed by atoms with Crippen LogP contribution in [-0.4, -0.2) is 33.3 Å². The first-order valence-corrected chi connectivity index (χ1v) is 6.20. The highest BCUT2D eigenvalue weighted by atomic mass is 16.6. The van der Waals surface area contributed by atoms with Gasteiger partial charge in [0.15, 0.2) is 0 Å². The molecule has 7 nitrogen and oxygen atoms in total. The number of hydrogen-bond donors (Lipinski definition) is 3. The molecule has 2 atom stereocenters. The van der Waals surface area contributed by atoms with Crippen molar-refractivity contribution in [2.24, 2.45) is 5.41 Å². The first kappa shape index (κ1) is 14.3. The van der Waals surface area contributed by atoms with E-state index in [0.29, 0.717) is 12.1 Å². The van der Waals surface area contributed by atoms with Gasteiger partial charge in [0, 0.05) is 23.2 Å². The van der Waals surface area contributed by atoms with E-state index >= 15 is 0 Å². The van der Waals surface area contributed by atoms with E-state index in [4.69, 9.17) is 5.11 Å². The minimum Gasteiger partial charge on any atom is -0.477 e. The summed E-state index contributed by atoms with van der Waals surface area (Å²) >= 11 is 0. The second-order valence-electron chi connectivity index (χ2n) is 5.56. The van der Waals surface area contributed by atoms with E-state index in [9.17, 15) is 20.0 Å². The Morgan fingerprint density at radius 1 is 1.50 bits per heavy atom. The SMILES string of the molecule is CC1(C)C(O)CC1Nc1ccc([N+](=O)[O-])c(C(=O)O)c1. The van der Waals surface area contributed by atoms with E-state index in [-0.39, 0.29) is 17.0 Å². The molecule has 0 aromatic heterocycles. The predicted molar refractivity (Wildman–Crippen MR) is 71.9 cm³/mol. The summed E-state index contributed by atoms with van der Waals surface area (Å²) in [6.07, 6.45) is 0.156. The van der Waals surface area contributed by atoms with Crippen LogP contribution in [0.15, 0.2) is 18.2 Å². The third kappa shape index (κ3) is 2.32. The Morgan fingerprint density at radius 2 is 2.15 bits per heavy atom. The molecule has 0 bridgehead atoms. The Labute approximate surface area is 115 Å². The average Bonchev–Trinajstić information content (AvgIpc) is 2.38. The van der Waals surface area contributed by atoms with Crippen LogP contribution < -0.4 is 5.32 Å². The summed E-state index contributed by atoms with van der Waals surface area (Å²) < 4.78 is 0. The lowest BCUT2D eigenvalue weighted by Crippen LogP contribution is -2.56. The van der Waals surface area contributed by atoms with Gasteiger partial charge in [-0.25, -0.2) is 4.79 Å². The van der Waals surface area contributed by atoms with Crippen LogP contribution in [0.5, 0.6) is 0 Å². The molecule has 1 saturated carbocycles. The van der Waals surface area contributed by atoms with Gasteiger partial charge in [-0.1, -0.05) is 13.8 Å². The topological polar surface area (TPSA) is 113 Å². The Morgan fingerprint density at radius 3 is 2.60 bits per heavy atom. The number of nitro groups is 1. The number of anilines is 1. The van der Waals surface area contributed by atoms with Gasteiger partial charge in [0.2, 0.25) is 0 Å². The van der Waals surface area contributed by atoms with Crippen molar-refractivity contribution in [3.8, 4) is 0 Å². The molecule has 1 aliphatic rings. The van der Waals surface area contributed by atoms with E-state index in [0.717, 1.165) is 0 Å². The largest absolute Gasteiger partial charge is 0.477 e. The maximum Gasteiger partial charge on any atom is 0.342 e. The summed E-state index contributed by atoms with van der Waals surface area (Å²) in [4.78, 5) is 21.1. The summed E-state index contributed by atoms with van der Waals surface area (Å²) in [5.41, 5.74) is -0.600. The summed E-state index contributed by atoms with van der Waals surface area (Å²) in [7, 11) is 0. The summed E-state index contributed by atoms with van der Waals surface area (Å²) in [5, 5.41) is 32.6. The van der Waals surface area contributed by atoms with Crippen LogP contribution in [0, 0.1) is 15.5 Å². The van der Waals surface area contributed by atoms with Crippen LogP contribution in [0.1, 0.15) is 30.6 Å². The number of aliphatic hydroxyl groups is 1. The summed E-state index contributed by atoms with van der Waals surface area (Å²) in [6, 6.07) is 3.90. The monoisotopic (exact) mass is 280 g/mol. The fourth-order valence-corrected chi connectivity index (χ4v) is 2.30. The van der Waals surface area contributed by atoms with E-state index in [1.807, 2.05) is 13.8 Å². The lowest BCUT2D eigenvalue weighted by atomic mass is 9.64. The highest BCUT2D eigenvalue weighted by molar-refractivity contribution is 5.93. The molecular weight excluding hydrogens is 264 g/mol. The molecule has 0 heterocycles. The number of carbonyl (C=O) groups is 1. The number of carboxylic acids is 1. The third-order valence-electron chi connectivity index (χ3n) is 3.98. The van der Waals surface area contributed by atoms with Gasteiger partial charge in [-0.05, 0) is 18.6 Å². The molecule has 0 spiro atoms. The Bertz CT molecular complexity index is 570. The lowest BCUT2D eigenvalue weighted by molar-refractivity contribution is -0.385. The summed E-state index contributed by atoms with van der Waals surface area (Å²) in [6.45, 7) is 3.81. The zero-order valence-corrected chi connectivity index (χ0v) is 11.2. The fourth-order valence-electron chi connectivity index (χ4n) is 2.30. The van der Waals surface area contributed by atoms with Crippen molar-refractivity contribution >= 4 is 17.3 Å². The lowest BCUT2D eigenvalue weighted by Gasteiger charge is -2.49. The van der Waals surface area contributed by atoms with Crippen LogP contribution in [0.2, 0.25) is 0 Å². The van der Waals surface area contributed by atoms with Gasteiger partial charge in [0.25, 0.3) is 5.69 Å². The van der Waals surface area contributed by atoms with Crippen molar-refractivity contribution in [2.75, 3.05) is 5.32 Å². The van der Waals surface area contributed by atoms with Crippen molar-refractivity contribution in [3.05, 3.63) is 33.9 Å². The van der Waals surface area contributed by atoms with E-state index in [1.54, 1.807) is 0 Å². The molecule has 1 fully saturated rings. The number of rotatable bonds is 4. The first-order chi connectivity index (χ1) is 9.23. The Hall–Kier alpha value is -2.15.